The zero-order valence-corrected chi connectivity index (χ0v) is 20.2. The summed E-state index contributed by atoms with van der Waals surface area (Å²) in [6.07, 6.45) is -2.81. The van der Waals surface area contributed by atoms with E-state index in [-0.39, 0.29) is 30.2 Å². The zero-order valence-electron chi connectivity index (χ0n) is 19.4. The van der Waals surface area contributed by atoms with Crippen molar-refractivity contribution in [3.63, 3.8) is 0 Å². The first kappa shape index (κ1) is 27.6. The first-order valence-corrected chi connectivity index (χ1v) is 11.0. The average molecular weight is 499 g/mol. The molecule has 2 unspecified atom stereocenters. The highest BCUT2D eigenvalue weighted by Crippen LogP contribution is 2.34. The van der Waals surface area contributed by atoms with Gasteiger partial charge in [-0.2, -0.15) is 17.9 Å². The highest BCUT2D eigenvalue weighted by atomic mass is 35.5. The number of methoxy groups -OCH3 is 1. The number of tetrazole rings is 1. The number of ether oxygens (including phenoxy) is 1. The number of nitrogens with zero attached hydrogens (tertiary/aromatic N) is 5. The lowest BCUT2D eigenvalue weighted by Gasteiger charge is -2.40. The third kappa shape index (κ3) is 6.05. The molecule has 186 valence electrons. The Balaban J connectivity index is 0.00000133. The summed E-state index contributed by atoms with van der Waals surface area (Å²) in [5.41, 5.74) is 8.54. The summed E-state index contributed by atoms with van der Waals surface area (Å²) in [5, 5.41) is 9.86. The van der Waals surface area contributed by atoms with Crippen LogP contribution in [-0.4, -0.2) is 44.8 Å². The summed E-state index contributed by atoms with van der Waals surface area (Å²) in [6, 6.07) is 14.7. The minimum absolute atomic E-state index is 0. The molecule has 2 atom stereocenters. The van der Waals surface area contributed by atoms with E-state index in [1.165, 1.54) is 13.2 Å². The molecule has 7 nitrogen and oxygen atoms in total. The maximum absolute atomic E-state index is 13.3. The maximum atomic E-state index is 13.3. The number of hydrogen-bond acceptors (Lipinski definition) is 6. The Kier molecular flexibility index (Phi) is 9.84. The van der Waals surface area contributed by atoms with Crippen LogP contribution in [0.3, 0.4) is 0 Å². The van der Waals surface area contributed by atoms with Gasteiger partial charge in [0, 0.05) is 18.2 Å². The van der Waals surface area contributed by atoms with Crippen LogP contribution in [-0.2, 0) is 12.7 Å². The summed E-state index contributed by atoms with van der Waals surface area (Å²) in [4.78, 5) is 2.25. The lowest BCUT2D eigenvalue weighted by Crippen LogP contribution is -2.45. The zero-order chi connectivity index (χ0) is 24.0. The second kappa shape index (κ2) is 12.1. The van der Waals surface area contributed by atoms with Gasteiger partial charge in [-0.05, 0) is 53.6 Å². The van der Waals surface area contributed by atoms with E-state index in [4.69, 9.17) is 10.5 Å². The molecule has 1 aliphatic rings. The predicted molar refractivity (Wildman–Crippen MR) is 126 cm³/mol. The number of piperidine rings is 1. The van der Waals surface area contributed by atoms with Gasteiger partial charge < -0.3 is 10.5 Å². The highest BCUT2D eigenvalue weighted by Gasteiger charge is 2.38. The van der Waals surface area contributed by atoms with E-state index >= 15 is 0 Å². The van der Waals surface area contributed by atoms with Crippen LogP contribution in [0.4, 0.5) is 13.2 Å². The van der Waals surface area contributed by atoms with Gasteiger partial charge >= 0.3 is 6.18 Å². The molecule has 0 aliphatic carbocycles. The minimum Gasteiger partial charge on any atom is -0.496 e. The third-order valence-electron chi connectivity index (χ3n) is 5.53. The van der Waals surface area contributed by atoms with Crippen molar-refractivity contribution in [1.29, 1.82) is 0 Å². The van der Waals surface area contributed by atoms with Gasteiger partial charge in [-0.25, -0.2) is 0 Å². The van der Waals surface area contributed by atoms with E-state index < -0.39 is 12.0 Å². The Labute approximate surface area is 203 Å². The summed E-state index contributed by atoms with van der Waals surface area (Å²) in [5.74, 6) is -0.595. The van der Waals surface area contributed by atoms with Gasteiger partial charge in [-0.3, -0.25) is 4.90 Å². The molecule has 3 aromatic rings. The summed E-state index contributed by atoms with van der Waals surface area (Å²) < 4.78 is 46.0. The van der Waals surface area contributed by atoms with Crippen LogP contribution >= 0.6 is 12.4 Å². The molecular formula is C23H30ClF3N6O. The topological polar surface area (TPSA) is 82.1 Å². The molecule has 11 heteroatoms. The Morgan fingerprint density at radius 2 is 1.82 bits per heavy atom. The van der Waals surface area contributed by atoms with Crippen molar-refractivity contribution in [1.82, 2.24) is 25.1 Å². The SMILES string of the molecule is CC.COc1ccc(-n2nnnc2C(F)(F)F)cc1CN1CCCC(N)C1c1ccccc1.Cl. The van der Waals surface area contributed by atoms with E-state index in [1.807, 2.05) is 44.2 Å². The molecule has 2 N–H and O–H groups in total. The fraction of sp³-hybridized carbons (Fsp3) is 0.435. The lowest BCUT2D eigenvalue weighted by atomic mass is 9.90. The predicted octanol–water partition coefficient (Wildman–Crippen LogP) is 4.80. The van der Waals surface area contributed by atoms with Crippen LogP contribution in [0.25, 0.3) is 5.69 Å². The molecule has 34 heavy (non-hydrogen) atoms. The van der Waals surface area contributed by atoms with Crippen molar-refractivity contribution >= 4 is 12.4 Å². The normalized spacial score (nSPS) is 18.4. The Hall–Kier alpha value is -2.69. The highest BCUT2D eigenvalue weighted by molar-refractivity contribution is 5.85. The van der Waals surface area contributed by atoms with E-state index in [0.29, 0.717) is 17.0 Å². The molecule has 0 bridgehead atoms. The van der Waals surface area contributed by atoms with Crippen LogP contribution in [0.2, 0.25) is 0 Å². The number of alkyl halides is 3. The number of hydrogen-bond donors (Lipinski definition) is 1. The Bertz CT molecular complexity index is 1030. The van der Waals surface area contributed by atoms with Gasteiger partial charge in [0.25, 0.3) is 5.82 Å². The fourth-order valence-electron chi connectivity index (χ4n) is 4.16. The van der Waals surface area contributed by atoms with Crippen molar-refractivity contribution in [2.75, 3.05) is 13.7 Å². The Morgan fingerprint density at radius 1 is 1.12 bits per heavy atom. The number of likely N-dealkylation sites (tertiary alicyclic amines) is 1. The molecular weight excluding hydrogens is 469 g/mol. The van der Waals surface area contributed by atoms with Gasteiger partial charge in [0.15, 0.2) is 0 Å². The summed E-state index contributed by atoms with van der Waals surface area (Å²) in [6.45, 7) is 5.28. The molecule has 2 heterocycles. The molecule has 0 radical (unpaired) electrons. The van der Waals surface area contributed by atoms with Crippen LogP contribution in [0.1, 0.15) is 49.7 Å². The van der Waals surface area contributed by atoms with Gasteiger partial charge in [0.2, 0.25) is 0 Å². The number of benzene rings is 2. The van der Waals surface area contributed by atoms with Crippen LogP contribution in [0.15, 0.2) is 48.5 Å². The Morgan fingerprint density at radius 3 is 2.47 bits per heavy atom. The smallest absolute Gasteiger partial charge is 0.453 e. The van der Waals surface area contributed by atoms with Crippen LogP contribution < -0.4 is 10.5 Å². The lowest BCUT2D eigenvalue weighted by molar-refractivity contribution is -0.146. The molecule has 1 aliphatic heterocycles. The average Bonchev–Trinajstić information content (AvgIpc) is 3.32. The second-order valence-corrected chi connectivity index (χ2v) is 7.54. The van der Waals surface area contributed by atoms with Gasteiger partial charge in [-0.15, -0.1) is 17.5 Å². The van der Waals surface area contributed by atoms with Crippen molar-refractivity contribution in [3.8, 4) is 11.4 Å². The molecule has 2 aromatic carbocycles. The third-order valence-corrected chi connectivity index (χ3v) is 5.53. The molecule has 0 saturated carbocycles. The molecule has 0 amide bonds. The maximum Gasteiger partial charge on any atom is 0.453 e. The van der Waals surface area contributed by atoms with E-state index in [0.717, 1.165) is 30.5 Å². The number of halogens is 4. The van der Waals surface area contributed by atoms with Crippen LogP contribution in [0, 0.1) is 0 Å². The molecule has 1 fully saturated rings. The van der Waals surface area contributed by atoms with Crippen molar-refractivity contribution in [2.45, 2.75) is 51.5 Å². The largest absolute Gasteiger partial charge is 0.496 e. The summed E-state index contributed by atoms with van der Waals surface area (Å²) >= 11 is 0. The quantitative estimate of drug-likeness (QED) is 0.544. The second-order valence-electron chi connectivity index (χ2n) is 7.54. The van der Waals surface area contributed by atoms with Crippen molar-refractivity contribution in [3.05, 3.63) is 65.5 Å². The molecule has 4 rings (SSSR count). The number of nitrogens with two attached hydrogens (primary N) is 1. The summed E-state index contributed by atoms with van der Waals surface area (Å²) in [7, 11) is 1.54. The standard InChI is InChI=1S/C21H23F3N6O.C2H6.ClH/c1-31-18-10-9-16(30-20(21(22,23)24)26-27-28-30)12-15(18)13-29-11-5-8-17(25)19(29)14-6-3-2-4-7-14;1-2;/h2-4,6-7,9-10,12,17,19H,5,8,11,13,25H2,1H3;1-2H3;1H. The monoisotopic (exact) mass is 498 g/mol. The minimum atomic E-state index is -4.67. The molecule has 1 aromatic heterocycles. The van der Waals surface area contributed by atoms with E-state index in [1.54, 1.807) is 12.1 Å². The number of rotatable bonds is 5. The van der Waals surface area contributed by atoms with Gasteiger partial charge in [-0.1, -0.05) is 44.2 Å². The van der Waals surface area contributed by atoms with Crippen molar-refractivity contribution < 1.29 is 17.9 Å². The first-order chi connectivity index (χ1) is 15.9. The van der Waals surface area contributed by atoms with Crippen LogP contribution in [0.5, 0.6) is 5.75 Å². The van der Waals surface area contributed by atoms with Crippen molar-refractivity contribution in [2.24, 2.45) is 5.73 Å². The van der Waals surface area contributed by atoms with E-state index in [2.05, 4.69) is 20.4 Å². The fourth-order valence-corrected chi connectivity index (χ4v) is 4.16. The molecule has 1 saturated heterocycles. The van der Waals surface area contributed by atoms with Gasteiger partial charge in [0.1, 0.15) is 5.75 Å². The first-order valence-electron chi connectivity index (χ1n) is 11.0. The molecule has 0 spiro atoms. The number of aromatic nitrogens is 4. The van der Waals surface area contributed by atoms with Gasteiger partial charge in [0.05, 0.1) is 18.8 Å². The van der Waals surface area contributed by atoms with E-state index in [9.17, 15) is 13.2 Å².